The zero-order valence-corrected chi connectivity index (χ0v) is 12.3. The van der Waals surface area contributed by atoms with Crippen molar-refractivity contribution in [3.8, 4) is 0 Å². The van der Waals surface area contributed by atoms with Crippen LogP contribution in [0.4, 0.5) is 5.82 Å². The lowest BCUT2D eigenvalue weighted by molar-refractivity contribution is 0.505. The van der Waals surface area contributed by atoms with Gasteiger partial charge < -0.3 is 4.90 Å². The summed E-state index contributed by atoms with van der Waals surface area (Å²) in [7, 11) is 0. The highest BCUT2D eigenvalue weighted by Gasteiger charge is 2.24. The molecule has 0 saturated carbocycles. The second-order valence-electron chi connectivity index (χ2n) is 5.25. The predicted molar refractivity (Wildman–Crippen MR) is 80.0 cm³/mol. The highest BCUT2D eigenvalue weighted by Crippen LogP contribution is 2.30. The van der Waals surface area contributed by atoms with Crippen molar-refractivity contribution in [2.24, 2.45) is 0 Å². The SMILES string of the molecule is Cc1cccc(N2CCC[C@@H](c3nc(C)cs3)C2)n1. The molecule has 0 spiro atoms. The van der Waals surface area contributed by atoms with Gasteiger partial charge in [0.25, 0.3) is 0 Å². The lowest BCUT2D eigenvalue weighted by Crippen LogP contribution is -2.34. The molecule has 0 bridgehead atoms. The van der Waals surface area contributed by atoms with Crippen LogP contribution in [0.2, 0.25) is 0 Å². The summed E-state index contributed by atoms with van der Waals surface area (Å²) in [4.78, 5) is 11.7. The van der Waals surface area contributed by atoms with Crippen LogP contribution in [0.1, 0.15) is 35.2 Å². The van der Waals surface area contributed by atoms with E-state index in [0.29, 0.717) is 5.92 Å². The molecule has 100 valence electrons. The third-order valence-electron chi connectivity index (χ3n) is 3.61. The number of rotatable bonds is 2. The lowest BCUT2D eigenvalue weighted by atomic mass is 9.99. The van der Waals surface area contributed by atoms with E-state index < -0.39 is 0 Å². The summed E-state index contributed by atoms with van der Waals surface area (Å²) in [6, 6.07) is 6.26. The molecule has 1 atom stereocenters. The minimum absolute atomic E-state index is 0.565. The smallest absolute Gasteiger partial charge is 0.128 e. The second-order valence-corrected chi connectivity index (χ2v) is 6.14. The van der Waals surface area contributed by atoms with Crippen molar-refractivity contribution < 1.29 is 0 Å². The number of aryl methyl sites for hydroxylation is 2. The molecule has 3 nitrogen and oxygen atoms in total. The Bertz CT molecular complexity index is 564. The van der Waals surface area contributed by atoms with Gasteiger partial charge in [-0.1, -0.05) is 6.07 Å². The molecule has 2 aromatic rings. The van der Waals surface area contributed by atoms with Crippen molar-refractivity contribution in [2.45, 2.75) is 32.6 Å². The number of hydrogen-bond donors (Lipinski definition) is 0. The number of aromatic nitrogens is 2. The fourth-order valence-corrected chi connectivity index (χ4v) is 3.58. The summed E-state index contributed by atoms with van der Waals surface area (Å²) in [6.45, 7) is 6.28. The van der Waals surface area contributed by atoms with Crippen molar-refractivity contribution in [3.63, 3.8) is 0 Å². The van der Waals surface area contributed by atoms with Crippen molar-refractivity contribution in [3.05, 3.63) is 40.0 Å². The maximum Gasteiger partial charge on any atom is 0.128 e. The molecule has 1 saturated heterocycles. The zero-order chi connectivity index (χ0) is 13.2. The summed E-state index contributed by atoms with van der Waals surface area (Å²) in [5, 5.41) is 3.44. The van der Waals surface area contributed by atoms with Gasteiger partial charge in [-0.15, -0.1) is 11.3 Å². The number of thiazole rings is 1. The van der Waals surface area contributed by atoms with E-state index in [4.69, 9.17) is 0 Å². The fraction of sp³-hybridized carbons (Fsp3) is 0.467. The third kappa shape index (κ3) is 2.78. The Labute approximate surface area is 118 Å². The Hall–Kier alpha value is -1.42. The summed E-state index contributed by atoms with van der Waals surface area (Å²) >= 11 is 1.80. The molecule has 1 aliphatic rings. The molecule has 1 fully saturated rings. The Morgan fingerprint density at radius 3 is 2.84 bits per heavy atom. The molecule has 0 aliphatic carbocycles. The minimum atomic E-state index is 0.565. The van der Waals surface area contributed by atoms with E-state index in [1.54, 1.807) is 11.3 Å². The Balaban J connectivity index is 1.78. The Morgan fingerprint density at radius 2 is 2.11 bits per heavy atom. The summed E-state index contributed by atoms with van der Waals surface area (Å²) < 4.78 is 0. The van der Waals surface area contributed by atoms with Crippen LogP contribution in [0.3, 0.4) is 0 Å². The van der Waals surface area contributed by atoms with Gasteiger partial charge in [-0.05, 0) is 38.8 Å². The molecule has 0 unspecified atom stereocenters. The molecular weight excluding hydrogens is 254 g/mol. The number of nitrogens with zero attached hydrogens (tertiary/aromatic N) is 3. The van der Waals surface area contributed by atoms with Gasteiger partial charge in [0.15, 0.2) is 0 Å². The molecule has 0 radical (unpaired) electrons. The molecule has 0 aromatic carbocycles. The van der Waals surface area contributed by atoms with E-state index in [-0.39, 0.29) is 0 Å². The summed E-state index contributed by atoms with van der Waals surface area (Å²) in [5.41, 5.74) is 2.23. The molecule has 2 aromatic heterocycles. The van der Waals surface area contributed by atoms with Crippen molar-refractivity contribution in [1.82, 2.24) is 9.97 Å². The van der Waals surface area contributed by atoms with Crippen molar-refractivity contribution in [1.29, 1.82) is 0 Å². The van der Waals surface area contributed by atoms with Crippen LogP contribution in [0.5, 0.6) is 0 Å². The van der Waals surface area contributed by atoms with Gasteiger partial charge in [-0.2, -0.15) is 0 Å². The molecule has 1 aliphatic heterocycles. The van der Waals surface area contributed by atoms with E-state index in [9.17, 15) is 0 Å². The topological polar surface area (TPSA) is 29.0 Å². The largest absolute Gasteiger partial charge is 0.356 e. The van der Waals surface area contributed by atoms with Crippen LogP contribution < -0.4 is 4.90 Å². The second kappa shape index (κ2) is 5.29. The van der Waals surface area contributed by atoms with E-state index in [0.717, 1.165) is 30.3 Å². The molecule has 4 heteroatoms. The van der Waals surface area contributed by atoms with Crippen molar-refractivity contribution in [2.75, 3.05) is 18.0 Å². The van der Waals surface area contributed by atoms with Gasteiger partial charge in [-0.25, -0.2) is 9.97 Å². The third-order valence-corrected chi connectivity index (χ3v) is 4.73. The number of anilines is 1. The van der Waals surface area contributed by atoms with Gasteiger partial charge in [0.2, 0.25) is 0 Å². The molecule has 19 heavy (non-hydrogen) atoms. The number of piperidine rings is 1. The summed E-state index contributed by atoms with van der Waals surface area (Å²) in [5.74, 6) is 1.67. The number of pyridine rings is 1. The van der Waals surface area contributed by atoms with Crippen LogP contribution >= 0.6 is 11.3 Å². The average molecular weight is 273 g/mol. The van der Waals surface area contributed by atoms with Gasteiger partial charge in [0.1, 0.15) is 5.82 Å². The van der Waals surface area contributed by atoms with Gasteiger partial charge in [0, 0.05) is 35.8 Å². The zero-order valence-electron chi connectivity index (χ0n) is 11.5. The van der Waals surface area contributed by atoms with Crippen LogP contribution in [-0.2, 0) is 0 Å². The maximum atomic E-state index is 4.65. The average Bonchev–Trinajstić information content (AvgIpc) is 2.86. The normalized spacial score (nSPS) is 19.7. The first-order valence-electron chi connectivity index (χ1n) is 6.83. The first-order chi connectivity index (χ1) is 9.22. The monoisotopic (exact) mass is 273 g/mol. The van der Waals surface area contributed by atoms with Crippen LogP contribution in [0.25, 0.3) is 0 Å². The highest BCUT2D eigenvalue weighted by atomic mass is 32.1. The van der Waals surface area contributed by atoms with Crippen molar-refractivity contribution >= 4 is 17.2 Å². The van der Waals surface area contributed by atoms with E-state index in [2.05, 4.69) is 52.3 Å². The van der Waals surface area contributed by atoms with Gasteiger partial charge >= 0.3 is 0 Å². The van der Waals surface area contributed by atoms with Crippen LogP contribution in [0, 0.1) is 13.8 Å². The number of hydrogen-bond acceptors (Lipinski definition) is 4. The van der Waals surface area contributed by atoms with E-state index in [1.807, 2.05) is 0 Å². The van der Waals surface area contributed by atoms with E-state index >= 15 is 0 Å². The van der Waals surface area contributed by atoms with Gasteiger partial charge in [0.05, 0.1) is 5.01 Å². The quantitative estimate of drug-likeness (QED) is 0.838. The Kier molecular flexibility index (Phi) is 3.51. The molecule has 3 rings (SSSR count). The van der Waals surface area contributed by atoms with Gasteiger partial charge in [-0.3, -0.25) is 0 Å². The first kappa shape index (κ1) is 12.6. The maximum absolute atomic E-state index is 4.65. The van der Waals surface area contributed by atoms with Crippen LogP contribution in [-0.4, -0.2) is 23.1 Å². The van der Waals surface area contributed by atoms with E-state index in [1.165, 1.54) is 17.8 Å². The first-order valence-corrected chi connectivity index (χ1v) is 7.71. The fourth-order valence-electron chi connectivity index (χ4n) is 2.65. The Morgan fingerprint density at radius 1 is 1.21 bits per heavy atom. The molecule has 0 N–H and O–H groups in total. The predicted octanol–water partition coefficient (Wildman–Crippen LogP) is 3.54. The molecule has 3 heterocycles. The standard InChI is InChI=1S/C15H19N3S/c1-11-5-3-7-14(16-11)18-8-4-6-13(9-18)15-17-12(2)10-19-15/h3,5,7,10,13H,4,6,8-9H2,1-2H3/t13-/m1/s1. The molecular formula is C15H19N3S. The summed E-state index contributed by atoms with van der Waals surface area (Å²) in [6.07, 6.45) is 2.47. The highest BCUT2D eigenvalue weighted by molar-refractivity contribution is 7.09. The molecule has 0 amide bonds. The lowest BCUT2D eigenvalue weighted by Gasteiger charge is -2.32. The minimum Gasteiger partial charge on any atom is -0.356 e. The van der Waals surface area contributed by atoms with Crippen LogP contribution in [0.15, 0.2) is 23.6 Å².